The summed E-state index contributed by atoms with van der Waals surface area (Å²) in [7, 11) is 1.56. The van der Waals surface area contributed by atoms with Crippen molar-refractivity contribution in [2.45, 2.75) is 32.6 Å². The predicted molar refractivity (Wildman–Crippen MR) is 113 cm³/mol. The summed E-state index contributed by atoms with van der Waals surface area (Å²) in [5.41, 5.74) is 3.58. The Kier molecular flexibility index (Phi) is 9.30. The van der Waals surface area contributed by atoms with Crippen LogP contribution in [0, 0.1) is 5.82 Å². The van der Waals surface area contributed by atoms with Crippen LogP contribution in [0.1, 0.15) is 38.2 Å². The Morgan fingerprint density at radius 1 is 1.07 bits per heavy atom. The number of anilines is 1. The molecule has 2 aromatic carbocycles. The fourth-order valence-corrected chi connectivity index (χ4v) is 2.43. The number of carbonyl (C=O) groups is 2. The number of nitrogens with zero attached hydrogens (tertiary/aromatic N) is 1. The second-order valence-electron chi connectivity index (χ2n) is 6.46. The van der Waals surface area contributed by atoms with Crippen LogP contribution >= 0.6 is 0 Å². The molecule has 0 aliphatic carbocycles. The quantitative estimate of drug-likeness (QED) is 0.331. The Bertz CT molecular complexity index is 869. The summed E-state index contributed by atoms with van der Waals surface area (Å²) in [6.07, 6.45) is 3.43. The molecule has 2 aromatic rings. The second-order valence-corrected chi connectivity index (χ2v) is 6.46. The summed E-state index contributed by atoms with van der Waals surface area (Å²) >= 11 is 0. The van der Waals surface area contributed by atoms with Gasteiger partial charge in [-0.2, -0.15) is 5.10 Å². The molecule has 2 amide bonds. The first kappa shape index (κ1) is 22.9. The number of rotatable bonds is 11. The van der Waals surface area contributed by atoms with Crippen molar-refractivity contribution < 1.29 is 23.5 Å². The molecule has 0 heterocycles. The monoisotopic (exact) mass is 415 g/mol. The lowest BCUT2D eigenvalue weighted by Crippen LogP contribution is -2.20. The number of hydrogen-bond donors (Lipinski definition) is 2. The zero-order valence-electron chi connectivity index (χ0n) is 17.1. The van der Waals surface area contributed by atoms with Gasteiger partial charge in [-0.15, -0.1) is 0 Å². The molecule has 0 aliphatic heterocycles. The van der Waals surface area contributed by atoms with E-state index in [4.69, 9.17) is 9.47 Å². The summed E-state index contributed by atoms with van der Waals surface area (Å²) in [6.45, 7) is 2.71. The third-order valence-electron chi connectivity index (χ3n) is 4.05. The average molecular weight is 415 g/mol. The van der Waals surface area contributed by atoms with E-state index in [0.29, 0.717) is 23.8 Å². The van der Waals surface area contributed by atoms with Gasteiger partial charge in [-0.3, -0.25) is 9.59 Å². The molecule has 2 rings (SSSR count). The van der Waals surface area contributed by atoms with Gasteiger partial charge in [0.05, 0.1) is 19.9 Å². The van der Waals surface area contributed by atoms with Crippen LogP contribution in [0.2, 0.25) is 0 Å². The molecule has 160 valence electrons. The van der Waals surface area contributed by atoms with Crippen molar-refractivity contribution in [2.75, 3.05) is 19.0 Å². The molecule has 0 aromatic heterocycles. The van der Waals surface area contributed by atoms with Crippen LogP contribution in [-0.2, 0) is 9.59 Å². The highest BCUT2D eigenvalue weighted by molar-refractivity contribution is 5.93. The van der Waals surface area contributed by atoms with Crippen LogP contribution in [0.25, 0.3) is 0 Å². The minimum Gasteiger partial charge on any atom is -0.493 e. The Balaban J connectivity index is 1.78. The Labute approximate surface area is 175 Å². The zero-order valence-corrected chi connectivity index (χ0v) is 17.1. The highest BCUT2D eigenvalue weighted by atomic mass is 19.1. The van der Waals surface area contributed by atoms with Crippen molar-refractivity contribution in [3.8, 4) is 11.5 Å². The number of methoxy groups -OCH3 is 1. The van der Waals surface area contributed by atoms with E-state index in [1.807, 2.05) is 0 Å². The van der Waals surface area contributed by atoms with Gasteiger partial charge in [-0.25, -0.2) is 9.82 Å². The van der Waals surface area contributed by atoms with E-state index < -0.39 is 5.91 Å². The molecule has 0 saturated heterocycles. The third kappa shape index (κ3) is 7.90. The highest BCUT2D eigenvalue weighted by Crippen LogP contribution is 2.27. The second kappa shape index (κ2) is 12.2. The molecule has 0 unspecified atom stereocenters. The molecule has 7 nitrogen and oxygen atoms in total. The number of carbonyl (C=O) groups excluding carboxylic acids is 2. The first-order valence-corrected chi connectivity index (χ1v) is 9.70. The standard InChI is InChI=1S/C22H26FN3O4/c1-3-4-13-30-19-10-5-16(14-20(19)29-2)15-24-26-22(28)12-11-21(27)25-18-8-6-17(23)7-9-18/h5-10,14-15H,3-4,11-13H2,1-2H3,(H,25,27)(H,26,28). The van der Waals surface area contributed by atoms with Crippen molar-refractivity contribution in [1.82, 2.24) is 5.43 Å². The zero-order chi connectivity index (χ0) is 21.8. The van der Waals surface area contributed by atoms with E-state index in [2.05, 4.69) is 22.8 Å². The van der Waals surface area contributed by atoms with Crippen LogP contribution in [0.15, 0.2) is 47.6 Å². The molecular formula is C22H26FN3O4. The van der Waals surface area contributed by atoms with Gasteiger partial charge in [0.25, 0.3) is 0 Å². The molecular weight excluding hydrogens is 389 g/mol. The van der Waals surface area contributed by atoms with E-state index in [-0.39, 0.29) is 24.6 Å². The summed E-state index contributed by atoms with van der Waals surface area (Å²) in [5, 5.41) is 6.49. The van der Waals surface area contributed by atoms with Gasteiger partial charge in [0, 0.05) is 18.5 Å². The molecule has 0 fully saturated rings. The van der Waals surface area contributed by atoms with E-state index >= 15 is 0 Å². The molecule has 0 bridgehead atoms. The van der Waals surface area contributed by atoms with E-state index in [0.717, 1.165) is 18.4 Å². The third-order valence-corrected chi connectivity index (χ3v) is 4.05. The Morgan fingerprint density at radius 3 is 2.50 bits per heavy atom. The van der Waals surface area contributed by atoms with Crippen molar-refractivity contribution in [1.29, 1.82) is 0 Å². The molecule has 8 heteroatoms. The Morgan fingerprint density at radius 2 is 1.80 bits per heavy atom. The van der Waals surface area contributed by atoms with Gasteiger partial charge in [-0.1, -0.05) is 13.3 Å². The minimum atomic E-state index is -0.396. The smallest absolute Gasteiger partial charge is 0.240 e. The fraction of sp³-hybridized carbons (Fsp3) is 0.318. The molecule has 0 aliphatic rings. The normalized spacial score (nSPS) is 10.6. The van der Waals surface area contributed by atoms with Crippen LogP contribution in [0.5, 0.6) is 11.5 Å². The lowest BCUT2D eigenvalue weighted by Gasteiger charge is -2.10. The van der Waals surface area contributed by atoms with Gasteiger partial charge < -0.3 is 14.8 Å². The summed E-state index contributed by atoms with van der Waals surface area (Å²) in [5.74, 6) is 0.107. The van der Waals surface area contributed by atoms with Crippen LogP contribution in [0.4, 0.5) is 10.1 Å². The SMILES string of the molecule is CCCCOc1ccc(C=NNC(=O)CCC(=O)Nc2ccc(F)cc2)cc1OC. The van der Waals surface area contributed by atoms with E-state index in [9.17, 15) is 14.0 Å². The summed E-state index contributed by atoms with van der Waals surface area (Å²) in [4.78, 5) is 23.7. The maximum Gasteiger partial charge on any atom is 0.240 e. The molecule has 0 atom stereocenters. The number of hydrazone groups is 1. The minimum absolute atomic E-state index is 0.0175. The average Bonchev–Trinajstić information content (AvgIpc) is 2.75. The summed E-state index contributed by atoms with van der Waals surface area (Å²) in [6, 6.07) is 10.7. The fourth-order valence-electron chi connectivity index (χ4n) is 2.43. The van der Waals surface area contributed by atoms with Gasteiger partial charge >= 0.3 is 0 Å². The number of hydrogen-bond acceptors (Lipinski definition) is 5. The van der Waals surface area contributed by atoms with Crippen molar-refractivity contribution in [3.63, 3.8) is 0 Å². The van der Waals surface area contributed by atoms with Crippen LogP contribution in [-0.4, -0.2) is 31.7 Å². The number of amides is 2. The van der Waals surface area contributed by atoms with Gasteiger partial charge in [0.1, 0.15) is 5.82 Å². The number of unbranched alkanes of at least 4 members (excludes halogenated alkanes) is 1. The Hall–Kier alpha value is -3.42. The first-order chi connectivity index (χ1) is 14.5. The lowest BCUT2D eigenvalue weighted by molar-refractivity contribution is -0.124. The number of ether oxygens (including phenoxy) is 2. The first-order valence-electron chi connectivity index (χ1n) is 9.70. The molecule has 0 radical (unpaired) electrons. The van der Waals surface area contributed by atoms with Crippen LogP contribution in [0.3, 0.4) is 0 Å². The largest absolute Gasteiger partial charge is 0.493 e. The predicted octanol–water partition coefficient (Wildman–Crippen LogP) is 3.88. The van der Waals surface area contributed by atoms with Crippen molar-refractivity contribution in [2.24, 2.45) is 5.10 Å². The number of halogens is 1. The lowest BCUT2D eigenvalue weighted by atomic mass is 10.2. The van der Waals surface area contributed by atoms with Crippen LogP contribution < -0.4 is 20.2 Å². The van der Waals surface area contributed by atoms with Gasteiger partial charge in [-0.05, 0) is 54.4 Å². The topological polar surface area (TPSA) is 89.0 Å². The maximum absolute atomic E-state index is 12.9. The summed E-state index contributed by atoms with van der Waals surface area (Å²) < 4.78 is 23.9. The van der Waals surface area contributed by atoms with E-state index in [1.165, 1.54) is 30.5 Å². The number of nitrogens with one attached hydrogen (secondary N) is 2. The molecule has 0 saturated carbocycles. The maximum atomic E-state index is 12.9. The number of benzene rings is 2. The van der Waals surface area contributed by atoms with E-state index in [1.54, 1.807) is 25.3 Å². The van der Waals surface area contributed by atoms with Gasteiger partial charge in [0.15, 0.2) is 11.5 Å². The molecule has 0 spiro atoms. The van der Waals surface area contributed by atoms with Crippen molar-refractivity contribution in [3.05, 3.63) is 53.8 Å². The van der Waals surface area contributed by atoms with Gasteiger partial charge in [0.2, 0.25) is 11.8 Å². The van der Waals surface area contributed by atoms with Crippen molar-refractivity contribution >= 4 is 23.7 Å². The molecule has 2 N–H and O–H groups in total. The highest BCUT2D eigenvalue weighted by Gasteiger charge is 2.08. The molecule has 30 heavy (non-hydrogen) atoms.